The molecule has 1 N–H and O–H groups in total. The number of alkyl halides is 3. The molecule has 9 nitrogen and oxygen atoms in total. The summed E-state index contributed by atoms with van der Waals surface area (Å²) in [6.07, 6.45) is 4.12. The maximum absolute atomic E-state index is 13.4. The molecule has 0 spiro atoms. The molecule has 4 fully saturated rings. The van der Waals surface area contributed by atoms with Crippen molar-refractivity contribution in [3.05, 3.63) is 41.2 Å². The van der Waals surface area contributed by atoms with Crippen molar-refractivity contribution in [3.63, 3.8) is 0 Å². The number of carbonyl (C=O) groups is 2. The molecule has 240 valence electrons. The largest absolute Gasteiger partial charge is 0.444 e. The number of nitrogens with one attached hydrogen (secondary N) is 1. The van der Waals surface area contributed by atoms with Crippen molar-refractivity contribution < 1.29 is 27.5 Å². The summed E-state index contributed by atoms with van der Waals surface area (Å²) in [5.41, 5.74) is -1.14. The van der Waals surface area contributed by atoms with Gasteiger partial charge in [0.25, 0.3) is 5.91 Å². The lowest BCUT2D eigenvalue weighted by atomic mass is 9.76. The number of carbonyl (C=O) groups excluding carboxylic acids is 2. The number of amides is 2. The van der Waals surface area contributed by atoms with Gasteiger partial charge in [-0.15, -0.1) is 0 Å². The Bertz CT molecular complexity index is 1400. The Balaban J connectivity index is 1.02. The Morgan fingerprint density at radius 1 is 1.11 bits per heavy atom. The number of fused-ring (bicyclic) bond motifs is 2. The van der Waals surface area contributed by atoms with E-state index in [1.807, 2.05) is 31.9 Å². The Kier molecular flexibility index (Phi) is 8.05. The quantitative estimate of drug-likeness (QED) is 0.420. The first-order valence-corrected chi connectivity index (χ1v) is 15.8. The number of benzene rings is 1. The van der Waals surface area contributed by atoms with E-state index in [0.717, 1.165) is 76.2 Å². The van der Waals surface area contributed by atoms with Crippen molar-refractivity contribution in [2.24, 2.45) is 5.92 Å². The third kappa shape index (κ3) is 6.11. The first-order chi connectivity index (χ1) is 20.7. The van der Waals surface area contributed by atoms with Crippen molar-refractivity contribution in [3.8, 4) is 0 Å². The standard InChI is InChI=1S/C31H40ClF3N6O3/c1-29(2,3)44-28(43)40-18-22-14-23(40)17-39(22)16-20-7-11-38(12-8-20)24-15-36-41(19-24)30(9-4-10-30)27(42)37-26-6-5-21(13-25(26)32)31(33,34)35/h5-6,13,15,19-20,22-23H,4,7-12,14,16-18H2,1-3H3,(H,37,42)/t22-,23-/m1/s1. The fourth-order valence-corrected chi connectivity index (χ4v) is 7.26. The number of piperazine rings is 1. The van der Waals surface area contributed by atoms with Crippen LogP contribution in [0.1, 0.15) is 64.9 Å². The number of halogens is 4. The van der Waals surface area contributed by atoms with Crippen molar-refractivity contribution in [2.75, 3.05) is 42.9 Å². The third-order valence-corrected chi connectivity index (χ3v) is 9.92. The highest BCUT2D eigenvalue weighted by Crippen LogP contribution is 2.42. The minimum atomic E-state index is -4.51. The molecule has 4 aliphatic rings. The van der Waals surface area contributed by atoms with E-state index in [1.54, 1.807) is 10.9 Å². The van der Waals surface area contributed by atoms with E-state index in [0.29, 0.717) is 24.8 Å². The van der Waals surface area contributed by atoms with Crippen LogP contribution in [0.5, 0.6) is 0 Å². The number of hydrogen-bond donors (Lipinski definition) is 1. The number of likely N-dealkylation sites (tertiary alicyclic amines) is 2. The van der Waals surface area contributed by atoms with Gasteiger partial charge in [-0.3, -0.25) is 14.4 Å². The lowest BCUT2D eigenvalue weighted by Crippen LogP contribution is -2.51. The first-order valence-electron chi connectivity index (χ1n) is 15.4. The SMILES string of the molecule is CC(C)(C)OC(=O)N1C[C@H]2C[C@@H]1CN2CC1CCN(c2cnn(C3(C(=O)Nc4ccc(C(F)(F)F)cc4Cl)CCC3)c2)CC1. The Labute approximate surface area is 260 Å². The second-order valence-corrected chi connectivity index (χ2v) is 14.1. The third-order valence-electron chi connectivity index (χ3n) is 9.61. The maximum Gasteiger partial charge on any atom is 0.416 e. The molecule has 6 rings (SSSR count). The number of nitrogens with zero attached hydrogens (tertiary/aromatic N) is 5. The zero-order chi connectivity index (χ0) is 31.4. The Morgan fingerprint density at radius 2 is 1.84 bits per heavy atom. The number of anilines is 2. The second kappa shape index (κ2) is 11.4. The molecule has 3 aliphatic heterocycles. The molecule has 3 saturated heterocycles. The van der Waals surface area contributed by atoms with Crippen LogP contribution >= 0.6 is 11.6 Å². The van der Waals surface area contributed by atoms with Crippen LogP contribution in [0.3, 0.4) is 0 Å². The molecule has 1 aliphatic carbocycles. The van der Waals surface area contributed by atoms with Crippen LogP contribution < -0.4 is 10.2 Å². The fourth-order valence-electron chi connectivity index (χ4n) is 7.04. The van der Waals surface area contributed by atoms with Crippen LogP contribution in [0, 0.1) is 5.92 Å². The lowest BCUT2D eigenvalue weighted by Gasteiger charge is -2.40. The van der Waals surface area contributed by atoms with Gasteiger partial charge in [-0.1, -0.05) is 11.6 Å². The molecule has 1 saturated carbocycles. The van der Waals surface area contributed by atoms with Crippen molar-refractivity contribution in [1.82, 2.24) is 19.6 Å². The molecule has 0 unspecified atom stereocenters. The molecule has 2 amide bonds. The predicted molar refractivity (Wildman–Crippen MR) is 161 cm³/mol. The van der Waals surface area contributed by atoms with Crippen LogP contribution in [0.25, 0.3) is 0 Å². The molecule has 2 aromatic rings. The second-order valence-electron chi connectivity index (χ2n) is 13.7. The van der Waals surface area contributed by atoms with E-state index in [1.165, 1.54) is 6.07 Å². The van der Waals surface area contributed by atoms with Crippen LogP contribution in [-0.4, -0.2) is 82.0 Å². The van der Waals surface area contributed by atoms with Gasteiger partial charge in [-0.25, -0.2) is 4.79 Å². The van der Waals surface area contributed by atoms with Crippen molar-refractivity contribution in [2.45, 2.75) is 88.7 Å². The van der Waals surface area contributed by atoms with E-state index in [-0.39, 0.29) is 28.8 Å². The van der Waals surface area contributed by atoms with E-state index >= 15 is 0 Å². The summed E-state index contributed by atoms with van der Waals surface area (Å²) in [7, 11) is 0. The number of hydrogen-bond acceptors (Lipinski definition) is 6. The van der Waals surface area contributed by atoms with Crippen LogP contribution in [0.15, 0.2) is 30.6 Å². The molecular weight excluding hydrogens is 597 g/mol. The summed E-state index contributed by atoms with van der Waals surface area (Å²) < 4.78 is 46.4. The highest BCUT2D eigenvalue weighted by atomic mass is 35.5. The molecule has 44 heavy (non-hydrogen) atoms. The fraction of sp³-hybridized carbons (Fsp3) is 0.645. The lowest BCUT2D eigenvalue weighted by molar-refractivity contribution is -0.137. The van der Waals surface area contributed by atoms with Gasteiger partial charge in [-0.05, 0) is 83.4 Å². The minimum Gasteiger partial charge on any atom is -0.444 e. The van der Waals surface area contributed by atoms with Gasteiger partial charge in [0.15, 0.2) is 0 Å². The van der Waals surface area contributed by atoms with E-state index < -0.39 is 22.9 Å². The molecule has 0 radical (unpaired) electrons. The summed E-state index contributed by atoms with van der Waals surface area (Å²) in [5.74, 6) is 0.247. The van der Waals surface area contributed by atoms with Crippen LogP contribution in [0.4, 0.5) is 29.3 Å². The minimum absolute atomic E-state index is 0.147. The highest BCUT2D eigenvalue weighted by molar-refractivity contribution is 6.33. The monoisotopic (exact) mass is 636 g/mol. The molecule has 13 heteroatoms. The van der Waals surface area contributed by atoms with Gasteiger partial charge < -0.3 is 19.9 Å². The van der Waals surface area contributed by atoms with Gasteiger partial charge in [0.2, 0.25) is 0 Å². The molecule has 4 heterocycles. The molecule has 2 bridgehead atoms. The van der Waals surface area contributed by atoms with E-state index in [2.05, 4.69) is 20.2 Å². The normalized spacial score (nSPS) is 24.0. The summed E-state index contributed by atoms with van der Waals surface area (Å²) in [6.45, 7) is 10.1. The van der Waals surface area contributed by atoms with Crippen molar-refractivity contribution >= 4 is 35.0 Å². The van der Waals surface area contributed by atoms with E-state index in [4.69, 9.17) is 16.3 Å². The zero-order valence-corrected chi connectivity index (χ0v) is 26.1. The summed E-state index contributed by atoms with van der Waals surface area (Å²) >= 11 is 6.10. The maximum atomic E-state index is 13.4. The molecular formula is C31H40ClF3N6O3. The van der Waals surface area contributed by atoms with E-state index in [9.17, 15) is 22.8 Å². The Morgan fingerprint density at radius 3 is 2.41 bits per heavy atom. The molecule has 1 aromatic carbocycles. The smallest absolute Gasteiger partial charge is 0.416 e. The molecule has 2 atom stereocenters. The van der Waals surface area contributed by atoms with Gasteiger partial charge in [0.1, 0.15) is 11.1 Å². The highest BCUT2D eigenvalue weighted by Gasteiger charge is 2.48. The van der Waals surface area contributed by atoms with Gasteiger partial charge in [0, 0.05) is 51.0 Å². The van der Waals surface area contributed by atoms with Gasteiger partial charge >= 0.3 is 12.3 Å². The topological polar surface area (TPSA) is 82.9 Å². The van der Waals surface area contributed by atoms with Gasteiger partial charge in [-0.2, -0.15) is 18.3 Å². The summed E-state index contributed by atoms with van der Waals surface area (Å²) in [6, 6.07) is 3.56. The number of aromatic nitrogens is 2. The number of rotatable bonds is 6. The average Bonchev–Trinajstić information content (AvgIpc) is 3.65. The van der Waals surface area contributed by atoms with Gasteiger partial charge in [0.05, 0.1) is 28.2 Å². The van der Waals surface area contributed by atoms with Crippen molar-refractivity contribution in [1.29, 1.82) is 0 Å². The predicted octanol–water partition coefficient (Wildman–Crippen LogP) is 5.98. The first kappa shape index (κ1) is 31.0. The van der Waals surface area contributed by atoms with Crippen LogP contribution in [-0.2, 0) is 21.2 Å². The zero-order valence-electron chi connectivity index (χ0n) is 25.4. The Hall–Kier alpha value is -2.99. The molecule has 1 aromatic heterocycles. The van der Waals surface area contributed by atoms with Crippen LogP contribution in [0.2, 0.25) is 5.02 Å². The number of piperidine rings is 1. The average molecular weight is 637 g/mol. The number of ether oxygens (including phenoxy) is 1. The summed E-state index contributed by atoms with van der Waals surface area (Å²) in [4.78, 5) is 32.8. The summed E-state index contributed by atoms with van der Waals surface area (Å²) in [5, 5.41) is 7.15.